The molecule has 3 aromatic rings. The number of rotatable bonds is 5. The van der Waals surface area contributed by atoms with Crippen LogP contribution in [0.1, 0.15) is 26.2 Å². The maximum Gasteiger partial charge on any atom is 0.221 e. The Kier molecular flexibility index (Phi) is 6.46. The van der Waals surface area contributed by atoms with Crippen LogP contribution < -0.4 is 15.0 Å². The van der Waals surface area contributed by atoms with Crippen molar-refractivity contribution in [3.05, 3.63) is 77.7 Å². The zero-order chi connectivity index (χ0) is 24.5. The number of anilines is 3. The predicted octanol–water partition coefficient (Wildman–Crippen LogP) is 7.04. The minimum atomic E-state index is -0.0779. The van der Waals surface area contributed by atoms with E-state index in [4.69, 9.17) is 4.74 Å². The number of piperidine rings is 1. The zero-order valence-corrected chi connectivity index (χ0v) is 21.4. The molecule has 0 radical (unpaired) electrons. The minimum Gasteiger partial charge on any atom is -0.453 e. The Morgan fingerprint density at radius 1 is 1.00 bits per heavy atom. The van der Waals surface area contributed by atoms with Gasteiger partial charge in [0.1, 0.15) is 0 Å². The molecule has 1 N–H and O–H groups in total. The highest BCUT2D eigenvalue weighted by Crippen LogP contribution is 2.50. The van der Waals surface area contributed by atoms with Crippen molar-refractivity contribution in [1.29, 1.82) is 0 Å². The smallest absolute Gasteiger partial charge is 0.221 e. The first kappa shape index (κ1) is 23.2. The van der Waals surface area contributed by atoms with Crippen LogP contribution in [0.15, 0.2) is 77.7 Å². The Bertz CT molecular complexity index is 1310. The first-order chi connectivity index (χ1) is 17.7. The largest absolute Gasteiger partial charge is 0.453 e. The van der Waals surface area contributed by atoms with E-state index in [0.29, 0.717) is 6.04 Å². The van der Waals surface area contributed by atoms with Gasteiger partial charge in [-0.1, -0.05) is 42.5 Å². The highest BCUT2D eigenvalue weighted by Gasteiger charge is 2.33. The van der Waals surface area contributed by atoms with Gasteiger partial charge in [-0.15, -0.1) is 11.8 Å². The topological polar surface area (TPSA) is 44.8 Å². The van der Waals surface area contributed by atoms with Crippen molar-refractivity contribution >= 4 is 34.7 Å². The second-order valence-electron chi connectivity index (χ2n) is 9.66. The first-order valence-electron chi connectivity index (χ1n) is 12.8. The summed E-state index contributed by atoms with van der Waals surface area (Å²) < 4.78 is 6.44. The highest BCUT2D eigenvalue weighted by atomic mass is 32.2. The summed E-state index contributed by atoms with van der Waals surface area (Å²) in [6, 6.07) is 23.1. The van der Waals surface area contributed by atoms with E-state index in [-0.39, 0.29) is 5.91 Å². The lowest BCUT2D eigenvalue weighted by atomic mass is 9.98. The molecule has 1 saturated heterocycles. The molecular formula is C30H31N3O2S. The SMILES string of the molecule is CC(=O)Nc1ccccc1-c1ccc2c(c1)Oc1ccccc1N2C1CCN(CC2=CCCS2)CC1. The number of ether oxygens (including phenoxy) is 1. The van der Waals surface area contributed by atoms with Gasteiger partial charge in [-0.2, -0.15) is 0 Å². The Hall–Kier alpha value is -3.22. The number of benzene rings is 3. The standard InChI is InChI=1S/C30H31N3O2S/c1-21(34)31-26-9-3-2-8-25(26)22-12-13-28-30(19-22)35-29-11-5-4-10-27(29)33(28)23-14-16-32(17-15-23)20-24-7-6-18-36-24/h2-5,7-13,19,23H,6,14-18,20H2,1H3,(H,31,34). The molecule has 1 fully saturated rings. The summed E-state index contributed by atoms with van der Waals surface area (Å²) in [5.41, 5.74) is 5.07. The molecule has 6 heteroatoms. The summed E-state index contributed by atoms with van der Waals surface area (Å²) in [5, 5.41) is 2.96. The predicted molar refractivity (Wildman–Crippen MR) is 149 cm³/mol. The molecule has 0 bridgehead atoms. The van der Waals surface area contributed by atoms with E-state index in [1.807, 2.05) is 42.1 Å². The van der Waals surface area contributed by atoms with Crippen LogP contribution in [0.4, 0.5) is 17.1 Å². The van der Waals surface area contributed by atoms with Crippen molar-refractivity contribution < 1.29 is 9.53 Å². The van der Waals surface area contributed by atoms with E-state index < -0.39 is 0 Å². The van der Waals surface area contributed by atoms with Crippen LogP contribution in [0.25, 0.3) is 11.1 Å². The second kappa shape index (κ2) is 10.0. The van der Waals surface area contributed by atoms with Gasteiger partial charge in [0.25, 0.3) is 0 Å². The van der Waals surface area contributed by atoms with Crippen molar-refractivity contribution in [2.75, 3.05) is 35.6 Å². The summed E-state index contributed by atoms with van der Waals surface area (Å²) in [5.74, 6) is 2.92. The number of amides is 1. The van der Waals surface area contributed by atoms with Gasteiger partial charge in [0.2, 0.25) is 5.91 Å². The van der Waals surface area contributed by atoms with E-state index in [9.17, 15) is 4.79 Å². The molecule has 0 aromatic heterocycles. The van der Waals surface area contributed by atoms with Crippen LogP contribution >= 0.6 is 11.8 Å². The Morgan fingerprint density at radius 2 is 1.78 bits per heavy atom. The van der Waals surface area contributed by atoms with Crippen molar-refractivity contribution in [3.8, 4) is 22.6 Å². The molecule has 0 saturated carbocycles. The van der Waals surface area contributed by atoms with E-state index in [2.05, 4.69) is 57.6 Å². The summed E-state index contributed by atoms with van der Waals surface area (Å²) in [6.45, 7) is 4.86. The van der Waals surface area contributed by atoms with E-state index >= 15 is 0 Å². The number of hydrogen-bond donors (Lipinski definition) is 1. The Morgan fingerprint density at radius 3 is 2.58 bits per heavy atom. The molecule has 0 unspecified atom stereocenters. The molecule has 3 heterocycles. The molecule has 6 rings (SSSR count). The third-order valence-electron chi connectivity index (χ3n) is 7.19. The number of likely N-dealkylation sites (tertiary alicyclic amines) is 1. The van der Waals surface area contributed by atoms with Crippen molar-refractivity contribution in [3.63, 3.8) is 0 Å². The van der Waals surface area contributed by atoms with Crippen molar-refractivity contribution in [2.45, 2.75) is 32.2 Å². The van der Waals surface area contributed by atoms with Crippen molar-refractivity contribution in [2.24, 2.45) is 0 Å². The van der Waals surface area contributed by atoms with Crippen molar-refractivity contribution in [1.82, 2.24) is 4.90 Å². The summed E-state index contributed by atoms with van der Waals surface area (Å²) >= 11 is 2.02. The molecule has 0 aliphatic carbocycles. The number of allylic oxidation sites excluding steroid dienone is 1. The van der Waals surface area contributed by atoms with Crippen LogP contribution in [-0.2, 0) is 4.79 Å². The minimum absolute atomic E-state index is 0.0779. The number of carbonyl (C=O) groups is 1. The first-order valence-corrected chi connectivity index (χ1v) is 13.8. The number of thioether (sulfide) groups is 1. The maximum absolute atomic E-state index is 11.8. The van der Waals surface area contributed by atoms with E-state index in [1.165, 1.54) is 19.1 Å². The summed E-state index contributed by atoms with van der Waals surface area (Å²) in [7, 11) is 0. The number of nitrogens with one attached hydrogen (secondary N) is 1. The fraction of sp³-hybridized carbons (Fsp3) is 0.300. The molecular weight excluding hydrogens is 466 g/mol. The van der Waals surface area contributed by atoms with Crippen LogP contribution in [0.5, 0.6) is 11.5 Å². The van der Waals surface area contributed by atoms with Crippen LogP contribution in [0.3, 0.4) is 0 Å². The molecule has 1 amide bonds. The fourth-order valence-electron chi connectivity index (χ4n) is 5.52. The fourth-order valence-corrected chi connectivity index (χ4v) is 6.52. The zero-order valence-electron chi connectivity index (χ0n) is 20.6. The monoisotopic (exact) mass is 497 g/mol. The van der Waals surface area contributed by atoms with Gasteiger partial charge < -0.3 is 15.0 Å². The van der Waals surface area contributed by atoms with Gasteiger partial charge >= 0.3 is 0 Å². The molecule has 36 heavy (non-hydrogen) atoms. The molecule has 0 spiro atoms. The third-order valence-corrected chi connectivity index (χ3v) is 8.30. The molecule has 3 aliphatic rings. The lowest BCUT2D eigenvalue weighted by Crippen LogP contribution is -2.44. The average molecular weight is 498 g/mol. The van der Waals surface area contributed by atoms with Gasteiger partial charge in [0.15, 0.2) is 11.5 Å². The number of nitrogens with zero attached hydrogens (tertiary/aromatic N) is 2. The highest BCUT2D eigenvalue weighted by molar-refractivity contribution is 8.03. The van der Waals surface area contributed by atoms with Gasteiger partial charge in [-0.05, 0) is 60.1 Å². The van der Waals surface area contributed by atoms with E-state index in [1.54, 1.807) is 4.91 Å². The van der Waals surface area contributed by atoms with Gasteiger partial charge in [-0.3, -0.25) is 9.69 Å². The Balaban J connectivity index is 1.30. The lowest BCUT2D eigenvalue weighted by molar-refractivity contribution is -0.114. The number of carbonyl (C=O) groups excluding carboxylic acids is 1. The maximum atomic E-state index is 11.8. The molecule has 184 valence electrons. The van der Waals surface area contributed by atoms with Gasteiger partial charge in [0.05, 0.1) is 11.4 Å². The van der Waals surface area contributed by atoms with Gasteiger partial charge in [-0.25, -0.2) is 0 Å². The van der Waals surface area contributed by atoms with Gasteiger partial charge in [0, 0.05) is 49.6 Å². The average Bonchev–Trinajstić information content (AvgIpc) is 3.41. The number of para-hydroxylation sites is 3. The number of fused-ring (bicyclic) bond motifs is 2. The van der Waals surface area contributed by atoms with Crippen LogP contribution in [-0.4, -0.2) is 42.2 Å². The Labute approximate surface area is 217 Å². The molecule has 0 atom stereocenters. The van der Waals surface area contributed by atoms with Crippen LogP contribution in [0.2, 0.25) is 0 Å². The lowest BCUT2D eigenvalue weighted by Gasteiger charge is -2.42. The normalized spacial score (nSPS) is 17.7. The quantitative estimate of drug-likeness (QED) is 0.410. The number of hydrogen-bond acceptors (Lipinski definition) is 5. The van der Waals surface area contributed by atoms with E-state index in [0.717, 1.165) is 72.2 Å². The second-order valence-corrected chi connectivity index (χ2v) is 10.9. The summed E-state index contributed by atoms with van der Waals surface area (Å²) in [4.78, 5) is 18.4. The molecule has 3 aliphatic heterocycles. The molecule has 5 nitrogen and oxygen atoms in total. The third kappa shape index (κ3) is 4.63. The summed E-state index contributed by atoms with van der Waals surface area (Å²) in [6.07, 6.45) is 5.87. The molecule has 3 aromatic carbocycles. The van der Waals surface area contributed by atoms with Crippen LogP contribution in [0, 0.1) is 0 Å².